The number of hydrogen-bond donors (Lipinski definition) is 0. The van der Waals surface area contributed by atoms with E-state index in [9.17, 15) is 4.79 Å². The van der Waals surface area contributed by atoms with E-state index < -0.39 is 0 Å². The van der Waals surface area contributed by atoms with Crippen molar-refractivity contribution in [2.24, 2.45) is 0 Å². The van der Waals surface area contributed by atoms with Gasteiger partial charge in [-0.2, -0.15) is 0 Å². The maximum Gasteiger partial charge on any atom is 0.255 e. The average Bonchev–Trinajstić information content (AvgIpc) is 3.42. The number of aromatic nitrogens is 1. The van der Waals surface area contributed by atoms with E-state index in [2.05, 4.69) is 28.5 Å². The summed E-state index contributed by atoms with van der Waals surface area (Å²) in [6.07, 6.45) is 0. The fourth-order valence-electron chi connectivity index (χ4n) is 3.74. The van der Waals surface area contributed by atoms with Crippen LogP contribution in [0.1, 0.15) is 16.1 Å². The number of amides is 1. The van der Waals surface area contributed by atoms with Gasteiger partial charge in [-0.05, 0) is 6.07 Å². The molecule has 2 aromatic heterocycles. The van der Waals surface area contributed by atoms with Crippen molar-refractivity contribution in [2.45, 2.75) is 6.54 Å². The second-order valence-electron chi connectivity index (χ2n) is 7.22. The Morgan fingerprint density at radius 1 is 0.897 bits per heavy atom. The molecule has 0 aliphatic carbocycles. The van der Waals surface area contributed by atoms with Gasteiger partial charge < -0.3 is 4.90 Å². The second kappa shape index (κ2) is 8.06. The van der Waals surface area contributed by atoms with Crippen LogP contribution in [0.5, 0.6) is 0 Å². The van der Waals surface area contributed by atoms with Crippen molar-refractivity contribution in [1.82, 2.24) is 14.8 Å². The predicted molar refractivity (Wildman–Crippen MR) is 121 cm³/mol. The summed E-state index contributed by atoms with van der Waals surface area (Å²) in [6.45, 7) is 4.13. The minimum absolute atomic E-state index is 0.155. The molecule has 1 aliphatic heterocycles. The Morgan fingerprint density at radius 3 is 2.48 bits per heavy atom. The average molecular weight is 420 g/mol. The monoisotopic (exact) mass is 419 g/mol. The van der Waals surface area contributed by atoms with Gasteiger partial charge in [-0.25, -0.2) is 4.98 Å². The smallest absolute Gasteiger partial charge is 0.255 e. The van der Waals surface area contributed by atoms with Gasteiger partial charge in [-0.3, -0.25) is 9.69 Å². The van der Waals surface area contributed by atoms with Gasteiger partial charge in [0.05, 0.1) is 11.3 Å². The SMILES string of the molecule is O=C(c1csc2ccccc12)N1CCN(Cc2csc(-c3ccccc3)n2)CC1. The molecular formula is C23H21N3OS2. The van der Waals surface area contributed by atoms with Crippen LogP contribution in [0, 0.1) is 0 Å². The maximum absolute atomic E-state index is 13.0. The van der Waals surface area contributed by atoms with Crippen LogP contribution in [0.25, 0.3) is 20.7 Å². The molecule has 1 amide bonds. The summed E-state index contributed by atoms with van der Waals surface area (Å²) in [5, 5.41) is 6.29. The fourth-order valence-corrected chi connectivity index (χ4v) is 5.50. The molecule has 4 aromatic rings. The van der Waals surface area contributed by atoms with Crippen molar-refractivity contribution in [1.29, 1.82) is 0 Å². The van der Waals surface area contributed by atoms with Crippen LogP contribution >= 0.6 is 22.7 Å². The Balaban J connectivity index is 1.21. The molecule has 0 saturated carbocycles. The Morgan fingerprint density at radius 2 is 1.66 bits per heavy atom. The van der Waals surface area contributed by atoms with Crippen LogP contribution in [-0.4, -0.2) is 46.9 Å². The molecule has 0 N–H and O–H groups in total. The van der Waals surface area contributed by atoms with E-state index in [1.165, 1.54) is 10.3 Å². The molecule has 1 fully saturated rings. The van der Waals surface area contributed by atoms with Crippen LogP contribution in [0.3, 0.4) is 0 Å². The molecule has 5 rings (SSSR count). The van der Waals surface area contributed by atoms with Gasteiger partial charge in [-0.15, -0.1) is 22.7 Å². The van der Waals surface area contributed by atoms with Crippen molar-refractivity contribution < 1.29 is 4.79 Å². The van der Waals surface area contributed by atoms with Gasteiger partial charge in [0.1, 0.15) is 5.01 Å². The Labute approximate surface area is 178 Å². The van der Waals surface area contributed by atoms with Crippen molar-refractivity contribution in [2.75, 3.05) is 26.2 Å². The zero-order valence-electron chi connectivity index (χ0n) is 16.0. The zero-order chi connectivity index (χ0) is 19.6. The number of piperazine rings is 1. The lowest BCUT2D eigenvalue weighted by Gasteiger charge is -2.34. The van der Waals surface area contributed by atoms with Crippen molar-refractivity contribution in [3.8, 4) is 10.6 Å². The predicted octanol–water partition coefficient (Wildman–Crippen LogP) is 4.98. The van der Waals surface area contributed by atoms with Crippen molar-refractivity contribution in [3.63, 3.8) is 0 Å². The van der Waals surface area contributed by atoms with E-state index in [1.807, 2.05) is 46.7 Å². The lowest BCUT2D eigenvalue weighted by atomic mass is 10.1. The van der Waals surface area contributed by atoms with E-state index in [0.717, 1.165) is 54.4 Å². The third-order valence-electron chi connectivity index (χ3n) is 5.33. The molecule has 0 bridgehead atoms. The van der Waals surface area contributed by atoms with E-state index >= 15 is 0 Å². The summed E-state index contributed by atoms with van der Waals surface area (Å²) < 4.78 is 1.17. The van der Waals surface area contributed by atoms with Crippen LogP contribution < -0.4 is 0 Å². The highest BCUT2D eigenvalue weighted by Gasteiger charge is 2.24. The van der Waals surface area contributed by atoms with Gasteiger partial charge in [0.15, 0.2) is 0 Å². The lowest BCUT2D eigenvalue weighted by Crippen LogP contribution is -2.48. The first-order valence-electron chi connectivity index (χ1n) is 9.75. The summed E-state index contributed by atoms with van der Waals surface area (Å²) in [5.41, 5.74) is 3.12. The van der Waals surface area contributed by atoms with E-state index in [-0.39, 0.29) is 5.91 Å². The van der Waals surface area contributed by atoms with Gasteiger partial charge in [0, 0.05) is 59.1 Å². The number of thiophene rings is 1. The second-order valence-corrected chi connectivity index (χ2v) is 8.99. The fraction of sp³-hybridized carbons (Fsp3) is 0.217. The number of rotatable bonds is 4. The van der Waals surface area contributed by atoms with Gasteiger partial charge in [0.2, 0.25) is 0 Å². The quantitative estimate of drug-likeness (QED) is 0.468. The Hall–Kier alpha value is -2.54. The topological polar surface area (TPSA) is 36.4 Å². The molecule has 4 nitrogen and oxygen atoms in total. The number of fused-ring (bicyclic) bond motifs is 1. The highest BCUT2D eigenvalue weighted by molar-refractivity contribution is 7.17. The van der Waals surface area contributed by atoms with E-state index in [0.29, 0.717) is 0 Å². The molecule has 1 saturated heterocycles. The third-order valence-corrected chi connectivity index (χ3v) is 7.23. The molecule has 3 heterocycles. The highest BCUT2D eigenvalue weighted by atomic mass is 32.1. The molecule has 29 heavy (non-hydrogen) atoms. The van der Waals surface area contributed by atoms with Crippen molar-refractivity contribution >= 4 is 38.7 Å². The molecule has 6 heteroatoms. The Kier molecular flexibility index (Phi) is 5.14. The first-order chi connectivity index (χ1) is 14.3. The number of thiazole rings is 1. The molecule has 0 unspecified atom stereocenters. The molecular weight excluding hydrogens is 398 g/mol. The van der Waals surface area contributed by atoms with Gasteiger partial charge in [0.25, 0.3) is 5.91 Å². The number of carbonyl (C=O) groups is 1. The maximum atomic E-state index is 13.0. The Bertz CT molecular complexity index is 1130. The molecule has 1 aliphatic rings. The molecule has 0 radical (unpaired) electrons. The van der Waals surface area contributed by atoms with Crippen LogP contribution in [0.15, 0.2) is 65.4 Å². The molecule has 2 aromatic carbocycles. The lowest BCUT2D eigenvalue weighted by molar-refractivity contribution is 0.0629. The minimum Gasteiger partial charge on any atom is -0.336 e. The van der Waals surface area contributed by atoms with E-state index in [1.54, 1.807) is 22.7 Å². The zero-order valence-corrected chi connectivity index (χ0v) is 17.6. The number of benzene rings is 2. The molecule has 0 spiro atoms. The number of nitrogens with zero attached hydrogens (tertiary/aromatic N) is 3. The van der Waals surface area contributed by atoms with Crippen LogP contribution in [-0.2, 0) is 6.54 Å². The molecule has 146 valence electrons. The number of carbonyl (C=O) groups excluding carboxylic acids is 1. The number of hydrogen-bond acceptors (Lipinski definition) is 5. The normalized spacial score (nSPS) is 15.1. The molecule has 0 atom stereocenters. The standard InChI is InChI=1S/C23H21N3OS2/c27-23(20-16-28-21-9-5-4-8-19(20)21)26-12-10-25(11-13-26)14-18-15-29-22(24-18)17-6-2-1-3-7-17/h1-9,15-16H,10-14H2. The third kappa shape index (κ3) is 3.83. The summed E-state index contributed by atoms with van der Waals surface area (Å²) in [7, 11) is 0. The van der Waals surface area contributed by atoms with Gasteiger partial charge >= 0.3 is 0 Å². The summed E-state index contributed by atoms with van der Waals surface area (Å²) >= 11 is 3.34. The largest absolute Gasteiger partial charge is 0.336 e. The van der Waals surface area contributed by atoms with Crippen LogP contribution in [0.4, 0.5) is 0 Å². The summed E-state index contributed by atoms with van der Waals surface area (Å²) in [5.74, 6) is 0.155. The van der Waals surface area contributed by atoms with Crippen LogP contribution in [0.2, 0.25) is 0 Å². The first-order valence-corrected chi connectivity index (χ1v) is 11.5. The first kappa shape index (κ1) is 18.5. The minimum atomic E-state index is 0.155. The highest BCUT2D eigenvalue weighted by Crippen LogP contribution is 2.27. The van der Waals surface area contributed by atoms with Gasteiger partial charge in [-0.1, -0.05) is 48.5 Å². The summed E-state index contributed by atoms with van der Waals surface area (Å²) in [4.78, 5) is 22.2. The van der Waals surface area contributed by atoms with Crippen molar-refractivity contribution in [3.05, 3.63) is 76.6 Å². The van der Waals surface area contributed by atoms with E-state index in [4.69, 9.17) is 4.98 Å². The summed E-state index contributed by atoms with van der Waals surface area (Å²) in [6, 6.07) is 18.5.